The van der Waals surface area contributed by atoms with E-state index in [1.165, 1.54) is 19.3 Å². The standard InChI is InChI=1S/C18H30N4O/c1-4-19-18(22-14(2)3)21-13-15-10-11-17(20-12-15)23-16-8-6-5-7-9-16/h10-12,14,16H,4-9,13H2,1-3H3,(H2,19,21,22). The van der Waals surface area contributed by atoms with Crippen molar-refractivity contribution >= 4 is 5.96 Å². The van der Waals surface area contributed by atoms with Crippen LogP contribution in [0.4, 0.5) is 0 Å². The average molecular weight is 318 g/mol. The Labute approximate surface area is 139 Å². The molecule has 2 rings (SSSR count). The van der Waals surface area contributed by atoms with E-state index in [1.54, 1.807) is 0 Å². The van der Waals surface area contributed by atoms with E-state index in [-0.39, 0.29) is 0 Å². The monoisotopic (exact) mass is 318 g/mol. The lowest BCUT2D eigenvalue weighted by molar-refractivity contribution is 0.148. The molecule has 0 unspecified atom stereocenters. The van der Waals surface area contributed by atoms with Crippen molar-refractivity contribution in [3.63, 3.8) is 0 Å². The Morgan fingerprint density at radius 1 is 1.30 bits per heavy atom. The molecule has 2 N–H and O–H groups in total. The van der Waals surface area contributed by atoms with E-state index >= 15 is 0 Å². The van der Waals surface area contributed by atoms with Gasteiger partial charge in [-0.05, 0) is 52.0 Å². The highest BCUT2D eigenvalue weighted by Gasteiger charge is 2.15. The third-order valence-corrected chi connectivity index (χ3v) is 3.83. The summed E-state index contributed by atoms with van der Waals surface area (Å²) in [5.41, 5.74) is 1.09. The second-order valence-electron chi connectivity index (χ2n) is 6.38. The number of nitrogens with zero attached hydrogens (tertiary/aromatic N) is 2. The van der Waals surface area contributed by atoms with Gasteiger partial charge in [-0.3, -0.25) is 0 Å². The summed E-state index contributed by atoms with van der Waals surface area (Å²) in [5.74, 6) is 1.57. The molecule has 5 heteroatoms. The molecular formula is C18H30N4O. The number of aliphatic imine (C=N–C) groups is 1. The Morgan fingerprint density at radius 3 is 2.70 bits per heavy atom. The molecular weight excluding hydrogens is 288 g/mol. The molecule has 0 spiro atoms. The molecule has 0 atom stereocenters. The van der Waals surface area contributed by atoms with Crippen LogP contribution < -0.4 is 15.4 Å². The van der Waals surface area contributed by atoms with Gasteiger partial charge < -0.3 is 15.4 Å². The minimum Gasteiger partial charge on any atom is -0.474 e. The molecule has 0 aromatic carbocycles. The minimum atomic E-state index is 0.343. The molecule has 1 fully saturated rings. The summed E-state index contributed by atoms with van der Waals surface area (Å²) < 4.78 is 5.96. The van der Waals surface area contributed by atoms with Gasteiger partial charge in [0.25, 0.3) is 0 Å². The van der Waals surface area contributed by atoms with Crippen LogP contribution in [0.5, 0.6) is 5.88 Å². The summed E-state index contributed by atoms with van der Waals surface area (Å²) >= 11 is 0. The summed E-state index contributed by atoms with van der Waals surface area (Å²) in [6.45, 7) is 7.73. The third kappa shape index (κ3) is 6.47. The van der Waals surface area contributed by atoms with Crippen molar-refractivity contribution in [3.8, 4) is 5.88 Å². The van der Waals surface area contributed by atoms with Gasteiger partial charge in [-0.15, -0.1) is 0 Å². The first-order valence-corrected chi connectivity index (χ1v) is 8.83. The molecule has 128 valence electrons. The summed E-state index contributed by atoms with van der Waals surface area (Å²) in [6, 6.07) is 4.37. The van der Waals surface area contributed by atoms with Crippen molar-refractivity contribution in [1.29, 1.82) is 0 Å². The normalized spacial score (nSPS) is 16.4. The van der Waals surface area contributed by atoms with Gasteiger partial charge in [0.15, 0.2) is 5.96 Å². The molecule has 0 saturated heterocycles. The van der Waals surface area contributed by atoms with Crippen LogP contribution in [0.15, 0.2) is 23.3 Å². The van der Waals surface area contributed by atoms with Gasteiger partial charge in [-0.25, -0.2) is 9.98 Å². The van der Waals surface area contributed by atoms with Crippen LogP contribution in [0.1, 0.15) is 58.4 Å². The van der Waals surface area contributed by atoms with Gasteiger partial charge >= 0.3 is 0 Å². The molecule has 0 bridgehead atoms. The molecule has 0 amide bonds. The first kappa shape index (κ1) is 17.6. The zero-order valence-corrected chi connectivity index (χ0v) is 14.6. The third-order valence-electron chi connectivity index (χ3n) is 3.83. The van der Waals surface area contributed by atoms with Gasteiger partial charge in [-0.1, -0.05) is 12.5 Å². The molecule has 1 saturated carbocycles. The Balaban J connectivity index is 1.87. The molecule has 1 heterocycles. The largest absolute Gasteiger partial charge is 0.474 e. The zero-order valence-electron chi connectivity index (χ0n) is 14.6. The van der Waals surface area contributed by atoms with E-state index in [4.69, 9.17) is 4.74 Å². The van der Waals surface area contributed by atoms with Gasteiger partial charge in [0.2, 0.25) is 5.88 Å². The predicted octanol–water partition coefficient (Wildman–Crippen LogP) is 3.26. The van der Waals surface area contributed by atoms with Crippen molar-refractivity contribution in [2.45, 2.75) is 71.6 Å². The average Bonchev–Trinajstić information content (AvgIpc) is 2.55. The van der Waals surface area contributed by atoms with Crippen LogP contribution in [0.2, 0.25) is 0 Å². The Hall–Kier alpha value is -1.78. The van der Waals surface area contributed by atoms with Crippen LogP contribution in [0.3, 0.4) is 0 Å². The first-order valence-electron chi connectivity index (χ1n) is 8.83. The Morgan fingerprint density at radius 2 is 2.09 bits per heavy atom. The smallest absolute Gasteiger partial charge is 0.213 e. The minimum absolute atomic E-state index is 0.343. The molecule has 1 aliphatic rings. The van der Waals surface area contributed by atoms with E-state index in [2.05, 4.69) is 41.4 Å². The summed E-state index contributed by atoms with van der Waals surface area (Å²) in [6.07, 6.45) is 8.39. The molecule has 23 heavy (non-hydrogen) atoms. The van der Waals surface area contributed by atoms with Crippen molar-refractivity contribution in [1.82, 2.24) is 15.6 Å². The first-order chi connectivity index (χ1) is 11.2. The highest BCUT2D eigenvalue weighted by molar-refractivity contribution is 5.79. The molecule has 0 aliphatic heterocycles. The number of aromatic nitrogens is 1. The Kier molecular flexibility index (Phi) is 7.17. The van der Waals surface area contributed by atoms with Gasteiger partial charge in [0.1, 0.15) is 6.10 Å². The van der Waals surface area contributed by atoms with E-state index in [0.717, 1.165) is 36.8 Å². The highest BCUT2D eigenvalue weighted by atomic mass is 16.5. The fourth-order valence-corrected chi connectivity index (χ4v) is 2.69. The molecule has 5 nitrogen and oxygen atoms in total. The van der Waals surface area contributed by atoms with Crippen LogP contribution in [-0.2, 0) is 6.54 Å². The van der Waals surface area contributed by atoms with Crippen LogP contribution in [-0.4, -0.2) is 29.6 Å². The lowest BCUT2D eigenvalue weighted by atomic mass is 9.98. The summed E-state index contributed by atoms with van der Waals surface area (Å²) in [4.78, 5) is 9.01. The van der Waals surface area contributed by atoms with Crippen molar-refractivity contribution < 1.29 is 4.74 Å². The number of guanidine groups is 1. The van der Waals surface area contributed by atoms with Crippen LogP contribution in [0, 0.1) is 0 Å². The molecule has 0 radical (unpaired) electrons. The quantitative estimate of drug-likeness (QED) is 0.624. The van der Waals surface area contributed by atoms with Crippen molar-refractivity contribution in [2.24, 2.45) is 4.99 Å². The summed E-state index contributed by atoms with van der Waals surface area (Å²) in [5, 5.41) is 6.55. The highest BCUT2D eigenvalue weighted by Crippen LogP contribution is 2.22. The Bertz CT molecular complexity index is 478. The lowest BCUT2D eigenvalue weighted by Gasteiger charge is -2.22. The number of hydrogen-bond donors (Lipinski definition) is 2. The van der Waals surface area contributed by atoms with Crippen LogP contribution >= 0.6 is 0 Å². The molecule has 1 aromatic heterocycles. The van der Waals surface area contributed by atoms with E-state index in [0.29, 0.717) is 18.7 Å². The number of nitrogens with one attached hydrogen (secondary N) is 2. The number of hydrogen-bond acceptors (Lipinski definition) is 3. The fourth-order valence-electron chi connectivity index (χ4n) is 2.69. The number of rotatable bonds is 6. The van der Waals surface area contributed by atoms with Crippen molar-refractivity contribution in [3.05, 3.63) is 23.9 Å². The lowest BCUT2D eigenvalue weighted by Crippen LogP contribution is -2.40. The maximum absolute atomic E-state index is 5.96. The fraction of sp³-hybridized carbons (Fsp3) is 0.667. The zero-order chi connectivity index (χ0) is 16.5. The van der Waals surface area contributed by atoms with E-state index in [9.17, 15) is 0 Å². The maximum atomic E-state index is 5.96. The molecule has 1 aliphatic carbocycles. The topological polar surface area (TPSA) is 58.5 Å². The maximum Gasteiger partial charge on any atom is 0.213 e. The SMILES string of the molecule is CCNC(=NCc1ccc(OC2CCCCC2)nc1)NC(C)C. The predicted molar refractivity (Wildman–Crippen MR) is 94.8 cm³/mol. The van der Waals surface area contributed by atoms with Gasteiger partial charge in [-0.2, -0.15) is 0 Å². The van der Waals surface area contributed by atoms with Crippen molar-refractivity contribution in [2.75, 3.05) is 6.54 Å². The van der Waals surface area contributed by atoms with Gasteiger partial charge in [0.05, 0.1) is 6.54 Å². The second-order valence-corrected chi connectivity index (χ2v) is 6.38. The number of pyridine rings is 1. The van der Waals surface area contributed by atoms with Crippen LogP contribution in [0.25, 0.3) is 0 Å². The van der Waals surface area contributed by atoms with E-state index in [1.807, 2.05) is 18.3 Å². The van der Waals surface area contributed by atoms with Gasteiger partial charge in [0, 0.05) is 24.8 Å². The molecule has 1 aromatic rings. The second kappa shape index (κ2) is 9.38. The number of ether oxygens (including phenoxy) is 1. The summed E-state index contributed by atoms with van der Waals surface area (Å²) in [7, 11) is 0. The van der Waals surface area contributed by atoms with E-state index < -0.39 is 0 Å².